The van der Waals surface area contributed by atoms with Gasteiger partial charge in [-0.15, -0.1) is 0 Å². The number of hydrogen-bond donors (Lipinski definition) is 0. The van der Waals surface area contributed by atoms with Gasteiger partial charge < -0.3 is 0 Å². The van der Waals surface area contributed by atoms with Crippen molar-refractivity contribution in [2.75, 3.05) is 0 Å². The van der Waals surface area contributed by atoms with Crippen LogP contribution in [0, 0.1) is 0 Å². The van der Waals surface area contributed by atoms with Crippen molar-refractivity contribution >= 4 is 53.9 Å². The van der Waals surface area contributed by atoms with Crippen LogP contribution in [-0.2, 0) is 5.41 Å². The topological polar surface area (TPSA) is 0 Å². The van der Waals surface area contributed by atoms with Crippen LogP contribution in [0.15, 0.2) is 182 Å². The first-order chi connectivity index (χ1) is 26.0. The highest BCUT2D eigenvalue weighted by molar-refractivity contribution is 6.29. The maximum Gasteiger partial charge on any atom is 0.0159 e. The number of rotatable bonds is 3. The summed E-state index contributed by atoms with van der Waals surface area (Å²) in [5, 5.41) is 12.9. The van der Waals surface area contributed by atoms with E-state index in [-0.39, 0.29) is 5.41 Å². The molecule has 53 heavy (non-hydrogen) atoms. The third kappa shape index (κ3) is 4.55. The summed E-state index contributed by atoms with van der Waals surface area (Å²) in [5.41, 5.74) is 13.0. The Morgan fingerprint density at radius 2 is 0.811 bits per heavy atom. The fourth-order valence-electron chi connectivity index (χ4n) is 9.26. The van der Waals surface area contributed by atoms with Crippen molar-refractivity contribution in [1.82, 2.24) is 0 Å². The molecule has 0 heteroatoms. The summed E-state index contributed by atoms with van der Waals surface area (Å²) >= 11 is 0. The summed E-state index contributed by atoms with van der Waals surface area (Å²) in [6.07, 6.45) is 0. The van der Waals surface area contributed by atoms with Crippen LogP contribution < -0.4 is 0 Å². The average Bonchev–Trinajstić information content (AvgIpc) is 3.45. The van der Waals surface area contributed by atoms with Gasteiger partial charge in [0.2, 0.25) is 0 Å². The molecule has 0 spiro atoms. The predicted molar refractivity (Wildman–Crippen MR) is 228 cm³/mol. The lowest BCUT2D eigenvalue weighted by Crippen LogP contribution is -2.14. The maximum absolute atomic E-state index is 2.42. The Kier molecular flexibility index (Phi) is 6.40. The van der Waals surface area contributed by atoms with Gasteiger partial charge in [-0.25, -0.2) is 0 Å². The molecule has 10 aromatic carbocycles. The minimum absolute atomic E-state index is 0.0134. The van der Waals surface area contributed by atoms with E-state index in [1.54, 1.807) is 0 Å². The van der Waals surface area contributed by atoms with Crippen LogP contribution in [0.25, 0.3) is 98.4 Å². The van der Waals surface area contributed by atoms with E-state index >= 15 is 0 Å². The largest absolute Gasteiger partial charge is 0.0619 e. The van der Waals surface area contributed by atoms with Gasteiger partial charge >= 0.3 is 0 Å². The Morgan fingerprint density at radius 3 is 1.62 bits per heavy atom. The molecule has 11 rings (SSSR count). The first kappa shape index (κ1) is 30.2. The first-order valence-electron chi connectivity index (χ1n) is 18.7. The fourth-order valence-corrected chi connectivity index (χ4v) is 9.26. The van der Waals surface area contributed by atoms with E-state index < -0.39 is 0 Å². The maximum atomic E-state index is 2.42. The normalized spacial score (nSPS) is 13.2. The molecule has 0 unspecified atom stereocenters. The molecule has 1 aliphatic carbocycles. The molecular formula is C53H36. The molecule has 0 saturated carbocycles. The summed E-state index contributed by atoms with van der Waals surface area (Å²) in [6, 6.07) is 68.0. The average molecular weight is 673 g/mol. The summed E-state index contributed by atoms with van der Waals surface area (Å²) in [4.78, 5) is 0. The Bertz CT molecular complexity index is 3120. The van der Waals surface area contributed by atoms with Gasteiger partial charge in [-0.3, -0.25) is 0 Å². The Hall–Kier alpha value is -6.50. The number of hydrogen-bond acceptors (Lipinski definition) is 0. The highest BCUT2D eigenvalue weighted by Gasteiger charge is 2.35. The first-order valence-corrected chi connectivity index (χ1v) is 18.7. The lowest BCUT2D eigenvalue weighted by molar-refractivity contribution is 0.660. The zero-order valence-corrected chi connectivity index (χ0v) is 29.8. The molecule has 0 amide bonds. The molecule has 0 atom stereocenters. The van der Waals surface area contributed by atoms with Crippen LogP contribution >= 0.6 is 0 Å². The molecule has 0 saturated heterocycles. The smallest absolute Gasteiger partial charge is 0.0159 e. The number of fused-ring (bicyclic) bond motifs is 11. The molecular weight excluding hydrogens is 637 g/mol. The van der Waals surface area contributed by atoms with Crippen molar-refractivity contribution in [3.63, 3.8) is 0 Å². The van der Waals surface area contributed by atoms with E-state index in [4.69, 9.17) is 0 Å². The van der Waals surface area contributed by atoms with Crippen molar-refractivity contribution in [2.45, 2.75) is 19.3 Å². The van der Waals surface area contributed by atoms with Crippen molar-refractivity contribution in [3.05, 3.63) is 193 Å². The molecule has 0 fully saturated rings. The van der Waals surface area contributed by atoms with Gasteiger partial charge in [-0.05, 0) is 134 Å². The lowest BCUT2D eigenvalue weighted by atomic mass is 9.81. The Morgan fingerprint density at radius 1 is 0.283 bits per heavy atom. The van der Waals surface area contributed by atoms with E-state index in [0.29, 0.717) is 0 Å². The van der Waals surface area contributed by atoms with Gasteiger partial charge in [0.15, 0.2) is 0 Å². The highest BCUT2D eigenvalue weighted by Crippen LogP contribution is 2.49. The molecule has 0 N–H and O–H groups in total. The predicted octanol–water partition coefficient (Wildman–Crippen LogP) is 14.8. The molecule has 248 valence electrons. The van der Waals surface area contributed by atoms with Crippen molar-refractivity contribution in [3.8, 4) is 44.5 Å². The van der Waals surface area contributed by atoms with Crippen molar-refractivity contribution < 1.29 is 0 Å². The van der Waals surface area contributed by atoms with Crippen LogP contribution in [-0.4, -0.2) is 0 Å². The molecule has 0 nitrogen and oxygen atoms in total. The second kappa shape index (κ2) is 11.2. The van der Waals surface area contributed by atoms with Crippen molar-refractivity contribution in [1.29, 1.82) is 0 Å². The van der Waals surface area contributed by atoms with Crippen LogP contribution in [0.4, 0.5) is 0 Å². The molecule has 0 heterocycles. The highest BCUT2D eigenvalue weighted by atomic mass is 14.4. The van der Waals surface area contributed by atoms with E-state index in [1.807, 2.05) is 0 Å². The van der Waals surface area contributed by atoms with E-state index in [2.05, 4.69) is 196 Å². The Balaban J connectivity index is 0.976. The standard InChI is InChI=1S/C53H36/c1-53(2)49-14-8-7-12-45(49)46-28-27-40(32-50(46)53)39-25-18-34-17-24-38(29-42(34)30-39)33-15-19-36(20-16-33)48-31-41-26-23-37-22-21-35-9-3-4-10-43(35)51(37)52(41)47-13-6-5-11-44(47)48/h3-32H,1-2H3. The van der Waals surface area contributed by atoms with Gasteiger partial charge in [0.05, 0.1) is 0 Å². The summed E-state index contributed by atoms with van der Waals surface area (Å²) < 4.78 is 0. The summed E-state index contributed by atoms with van der Waals surface area (Å²) in [7, 11) is 0. The number of benzene rings is 10. The van der Waals surface area contributed by atoms with Gasteiger partial charge in [0, 0.05) is 5.41 Å². The fraction of sp³-hybridized carbons (Fsp3) is 0.0566. The third-order valence-corrected chi connectivity index (χ3v) is 12.0. The van der Waals surface area contributed by atoms with Crippen LogP contribution in [0.2, 0.25) is 0 Å². The molecule has 0 bridgehead atoms. The van der Waals surface area contributed by atoms with Crippen LogP contribution in [0.3, 0.4) is 0 Å². The SMILES string of the molecule is CC1(C)c2ccccc2-c2ccc(-c3ccc4ccc(-c5ccc(-c6cc7ccc8ccc9ccccc9c8c7c7ccccc67)cc5)cc4c3)cc21. The van der Waals surface area contributed by atoms with Crippen molar-refractivity contribution in [2.24, 2.45) is 0 Å². The minimum atomic E-state index is -0.0134. The molecule has 0 radical (unpaired) electrons. The monoisotopic (exact) mass is 672 g/mol. The van der Waals surface area contributed by atoms with Crippen LogP contribution in [0.1, 0.15) is 25.0 Å². The second-order valence-corrected chi connectivity index (χ2v) is 15.3. The zero-order valence-electron chi connectivity index (χ0n) is 29.8. The lowest BCUT2D eigenvalue weighted by Gasteiger charge is -2.22. The van der Waals surface area contributed by atoms with Gasteiger partial charge in [0.1, 0.15) is 0 Å². The molecule has 10 aromatic rings. The van der Waals surface area contributed by atoms with Gasteiger partial charge in [0.25, 0.3) is 0 Å². The Labute approximate surface area is 309 Å². The molecule has 1 aliphatic rings. The van der Waals surface area contributed by atoms with Gasteiger partial charge in [-0.2, -0.15) is 0 Å². The summed E-state index contributed by atoms with van der Waals surface area (Å²) in [5.74, 6) is 0. The third-order valence-electron chi connectivity index (χ3n) is 12.0. The van der Waals surface area contributed by atoms with Gasteiger partial charge in [-0.1, -0.05) is 172 Å². The van der Waals surface area contributed by atoms with E-state index in [1.165, 1.54) is 109 Å². The van der Waals surface area contributed by atoms with E-state index in [0.717, 1.165) is 0 Å². The minimum Gasteiger partial charge on any atom is -0.0619 e. The summed E-state index contributed by atoms with van der Waals surface area (Å²) in [6.45, 7) is 4.70. The molecule has 0 aromatic heterocycles. The molecule has 0 aliphatic heterocycles. The van der Waals surface area contributed by atoms with Crippen LogP contribution in [0.5, 0.6) is 0 Å². The quantitative estimate of drug-likeness (QED) is 0.164. The second-order valence-electron chi connectivity index (χ2n) is 15.3. The van der Waals surface area contributed by atoms with E-state index in [9.17, 15) is 0 Å². The zero-order chi connectivity index (χ0) is 35.3.